The summed E-state index contributed by atoms with van der Waals surface area (Å²) < 4.78 is 1.07. The first-order chi connectivity index (χ1) is 10.1. The van der Waals surface area contributed by atoms with Crippen molar-refractivity contribution in [3.05, 3.63) is 74.2 Å². The molecule has 0 saturated carbocycles. The minimum absolute atomic E-state index is 0.184. The zero-order valence-electron chi connectivity index (χ0n) is 11.8. The third kappa shape index (κ3) is 4.12. The molecule has 110 valence electrons. The Kier molecular flexibility index (Phi) is 5.47. The van der Waals surface area contributed by atoms with E-state index in [1.54, 1.807) is 12.1 Å². The van der Waals surface area contributed by atoms with E-state index in [1.165, 1.54) is 5.56 Å². The number of halogens is 1. The molecule has 0 aliphatic rings. The first kappa shape index (κ1) is 15.7. The second-order valence-electron chi connectivity index (χ2n) is 4.83. The lowest BCUT2D eigenvalue weighted by Crippen LogP contribution is -2.21. The molecule has 0 aliphatic heterocycles. The average Bonchev–Trinajstić information content (AvgIpc) is 2.48. The summed E-state index contributed by atoms with van der Waals surface area (Å²) in [5.74, 6) is 0. The molecule has 2 aromatic rings. The molecule has 0 amide bonds. The molecule has 0 radical (unpaired) electrons. The van der Waals surface area contributed by atoms with Crippen LogP contribution in [0.25, 0.3) is 0 Å². The Morgan fingerprint density at radius 1 is 1.19 bits per heavy atom. The van der Waals surface area contributed by atoms with Crippen molar-refractivity contribution in [1.82, 2.24) is 5.32 Å². The number of para-hydroxylation sites is 1. The molecular weight excluding hydrogens is 332 g/mol. The topological polar surface area (TPSA) is 55.2 Å². The minimum atomic E-state index is -0.327. The molecule has 0 fully saturated rings. The first-order valence-corrected chi connectivity index (χ1v) is 7.59. The molecule has 5 heteroatoms. The summed E-state index contributed by atoms with van der Waals surface area (Å²) in [6.07, 6.45) is 0.631. The number of hydrogen-bond acceptors (Lipinski definition) is 3. The molecule has 1 atom stereocenters. The maximum absolute atomic E-state index is 11.0. The quantitative estimate of drug-likeness (QED) is 0.627. The molecule has 0 bridgehead atoms. The van der Waals surface area contributed by atoms with Crippen molar-refractivity contribution in [3.8, 4) is 0 Å². The molecule has 2 aromatic carbocycles. The molecule has 4 nitrogen and oxygen atoms in total. The molecule has 0 heterocycles. The summed E-state index contributed by atoms with van der Waals surface area (Å²) in [7, 11) is 0. The van der Waals surface area contributed by atoms with Crippen molar-refractivity contribution in [1.29, 1.82) is 0 Å². The van der Waals surface area contributed by atoms with Gasteiger partial charge in [-0.25, -0.2) is 0 Å². The van der Waals surface area contributed by atoms with Gasteiger partial charge in [0.15, 0.2) is 0 Å². The molecule has 0 aromatic heterocycles. The van der Waals surface area contributed by atoms with Crippen LogP contribution in [0.1, 0.15) is 24.1 Å². The van der Waals surface area contributed by atoms with Gasteiger partial charge in [0.25, 0.3) is 5.69 Å². The maximum Gasteiger partial charge on any atom is 0.272 e. The Morgan fingerprint density at radius 3 is 2.57 bits per heavy atom. The molecule has 2 rings (SSSR count). The van der Waals surface area contributed by atoms with Crippen molar-refractivity contribution in [3.63, 3.8) is 0 Å². The number of nitrogens with zero attached hydrogens (tertiary/aromatic N) is 1. The highest BCUT2D eigenvalue weighted by atomic mass is 79.9. The fraction of sp³-hybridized carbons (Fsp3) is 0.250. The highest BCUT2D eigenvalue weighted by molar-refractivity contribution is 9.10. The van der Waals surface area contributed by atoms with Crippen molar-refractivity contribution in [2.75, 3.05) is 6.54 Å². The van der Waals surface area contributed by atoms with E-state index in [1.807, 2.05) is 30.3 Å². The second kappa shape index (κ2) is 7.33. The zero-order chi connectivity index (χ0) is 15.2. The average molecular weight is 349 g/mol. The van der Waals surface area contributed by atoms with E-state index < -0.39 is 0 Å². The van der Waals surface area contributed by atoms with Gasteiger partial charge in [-0.15, -0.1) is 0 Å². The lowest BCUT2D eigenvalue weighted by Gasteiger charge is -2.15. The number of hydrogen-bond donors (Lipinski definition) is 1. The Labute approximate surface area is 132 Å². The summed E-state index contributed by atoms with van der Waals surface area (Å²) in [6, 6.07) is 15.1. The number of nitrogens with one attached hydrogen (secondary N) is 1. The molecule has 21 heavy (non-hydrogen) atoms. The van der Waals surface area contributed by atoms with Crippen LogP contribution < -0.4 is 5.32 Å². The zero-order valence-corrected chi connectivity index (χ0v) is 13.3. The van der Waals surface area contributed by atoms with Crippen molar-refractivity contribution in [2.45, 2.75) is 19.4 Å². The minimum Gasteiger partial charge on any atom is -0.310 e. The fourth-order valence-corrected chi connectivity index (χ4v) is 2.89. The molecule has 0 saturated heterocycles. The van der Waals surface area contributed by atoms with E-state index in [-0.39, 0.29) is 16.7 Å². The van der Waals surface area contributed by atoms with Crippen LogP contribution in [-0.2, 0) is 6.42 Å². The monoisotopic (exact) mass is 348 g/mol. The van der Waals surface area contributed by atoms with Gasteiger partial charge >= 0.3 is 0 Å². The van der Waals surface area contributed by atoms with E-state index in [0.29, 0.717) is 13.0 Å². The Bertz CT molecular complexity index is 631. The third-order valence-electron chi connectivity index (χ3n) is 3.40. The molecule has 0 unspecified atom stereocenters. The van der Waals surface area contributed by atoms with E-state index >= 15 is 0 Å². The standard InChI is InChI=1S/C16H17BrN2O2/c1-12(14-7-3-4-8-15(14)17)18-11-10-13-6-2-5-9-16(13)19(20)21/h2-9,12,18H,10-11H2,1H3/t12-/m0/s1. The highest BCUT2D eigenvalue weighted by Gasteiger charge is 2.13. The van der Waals surface area contributed by atoms with E-state index in [0.717, 1.165) is 10.0 Å². The van der Waals surface area contributed by atoms with Crippen LogP contribution in [0.5, 0.6) is 0 Å². The predicted molar refractivity (Wildman–Crippen MR) is 87.4 cm³/mol. The summed E-state index contributed by atoms with van der Waals surface area (Å²) in [4.78, 5) is 10.6. The summed E-state index contributed by atoms with van der Waals surface area (Å²) in [5.41, 5.74) is 2.13. The molecule has 0 aliphatic carbocycles. The van der Waals surface area contributed by atoms with Gasteiger partial charge in [0.2, 0.25) is 0 Å². The lowest BCUT2D eigenvalue weighted by molar-refractivity contribution is -0.385. The van der Waals surface area contributed by atoms with Gasteiger partial charge in [-0.3, -0.25) is 10.1 Å². The van der Waals surface area contributed by atoms with Crippen LogP contribution in [0.4, 0.5) is 5.69 Å². The summed E-state index contributed by atoms with van der Waals surface area (Å²) >= 11 is 3.54. The summed E-state index contributed by atoms with van der Waals surface area (Å²) in [5, 5.41) is 14.4. The van der Waals surface area contributed by atoms with Crippen LogP contribution >= 0.6 is 15.9 Å². The van der Waals surface area contributed by atoms with Crippen LogP contribution in [-0.4, -0.2) is 11.5 Å². The Balaban J connectivity index is 1.96. The van der Waals surface area contributed by atoms with Crippen LogP contribution in [0.2, 0.25) is 0 Å². The SMILES string of the molecule is C[C@H](NCCc1ccccc1[N+](=O)[O-])c1ccccc1Br. The van der Waals surface area contributed by atoms with Gasteiger partial charge in [-0.1, -0.05) is 52.3 Å². The number of rotatable bonds is 6. The Morgan fingerprint density at radius 2 is 1.86 bits per heavy atom. The molecular formula is C16H17BrN2O2. The largest absolute Gasteiger partial charge is 0.310 e. The first-order valence-electron chi connectivity index (χ1n) is 6.79. The van der Waals surface area contributed by atoms with Crippen LogP contribution in [0, 0.1) is 10.1 Å². The third-order valence-corrected chi connectivity index (χ3v) is 4.13. The van der Waals surface area contributed by atoms with Gasteiger partial charge in [0, 0.05) is 22.1 Å². The van der Waals surface area contributed by atoms with Gasteiger partial charge in [0.1, 0.15) is 0 Å². The number of benzene rings is 2. The molecule has 1 N–H and O–H groups in total. The normalized spacial score (nSPS) is 12.1. The van der Waals surface area contributed by atoms with Gasteiger partial charge in [-0.2, -0.15) is 0 Å². The predicted octanol–water partition coefficient (Wildman–Crippen LogP) is 4.25. The van der Waals surface area contributed by atoms with E-state index in [4.69, 9.17) is 0 Å². The fourth-order valence-electron chi connectivity index (χ4n) is 2.26. The van der Waals surface area contributed by atoms with Crippen LogP contribution in [0.15, 0.2) is 53.0 Å². The van der Waals surface area contributed by atoms with Crippen molar-refractivity contribution >= 4 is 21.6 Å². The second-order valence-corrected chi connectivity index (χ2v) is 5.69. The Hall–Kier alpha value is -1.72. The van der Waals surface area contributed by atoms with Gasteiger partial charge in [0.05, 0.1) is 4.92 Å². The van der Waals surface area contributed by atoms with E-state index in [9.17, 15) is 10.1 Å². The number of nitro benzene ring substituents is 1. The van der Waals surface area contributed by atoms with Crippen molar-refractivity contribution < 1.29 is 4.92 Å². The van der Waals surface area contributed by atoms with Gasteiger partial charge in [-0.05, 0) is 31.5 Å². The highest BCUT2D eigenvalue weighted by Crippen LogP contribution is 2.23. The van der Waals surface area contributed by atoms with Gasteiger partial charge < -0.3 is 5.32 Å². The van der Waals surface area contributed by atoms with Crippen molar-refractivity contribution in [2.24, 2.45) is 0 Å². The smallest absolute Gasteiger partial charge is 0.272 e. The number of nitro groups is 1. The lowest BCUT2D eigenvalue weighted by atomic mass is 10.1. The molecule has 0 spiro atoms. The van der Waals surface area contributed by atoms with Crippen LogP contribution in [0.3, 0.4) is 0 Å². The van der Waals surface area contributed by atoms with E-state index in [2.05, 4.69) is 34.2 Å². The summed E-state index contributed by atoms with van der Waals surface area (Å²) in [6.45, 7) is 2.77. The maximum atomic E-state index is 11.0.